The van der Waals surface area contributed by atoms with Gasteiger partial charge in [-0.15, -0.1) is 11.3 Å². The van der Waals surface area contributed by atoms with E-state index in [1.807, 2.05) is 29.6 Å². The Hall–Kier alpha value is -1.75. The predicted octanol–water partition coefficient (Wildman–Crippen LogP) is 2.24. The van der Waals surface area contributed by atoms with Gasteiger partial charge in [-0.3, -0.25) is 0 Å². The van der Waals surface area contributed by atoms with Gasteiger partial charge < -0.3 is 15.2 Å². The van der Waals surface area contributed by atoms with Crippen molar-refractivity contribution in [3.63, 3.8) is 0 Å². The van der Waals surface area contributed by atoms with E-state index in [-0.39, 0.29) is 6.10 Å². The Bertz CT molecular complexity index is 512. The Morgan fingerprint density at radius 3 is 2.88 bits per heavy atom. The molecule has 0 saturated heterocycles. The van der Waals surface area contributed by atoms with E-state index in [0.29, 0.717) is 11.7 Å². The Morgan fingerprint density at radius 1 is 1.31 bits per heavy atom. The van der Waals surface area contributed by atoms with Crippen LogP contribution in [0.5, 0.6) is 11.5 Å². The number of fused-ring (bicyclic) bond motifs is 1. The molecule has 82 valence electrons. The van der Waals surface area contributed by atoms with Crippen LogP contribution < -0.4 is 15.2 Å². The molecule has 0 aliphatic carbocycles. The molecule has 1 atom stereocenters. The van der Waals surface area contributed by atoms with Gasteiger partial charge in [-0.2, -0.15) is 0 Å². The van der Waals surface area contributed by atoms with Crippen LogP contribution in [0.1, 0.15) is 11.8 Å². The molecule has 1 aromatic carbocycles. The zero-order valence-electron chi connectivity index (χ0n) is 8.42. The smallest absolute Gasteiger partial charge is 0.180 e. The number of hydrogen-bond acceptors (Lipinski definition) is 5. The van der Waals surface area contributed by atoms with E-state index < -0.39 is 0 Å². The molecule has 0 bridgehead atoms. The first-order chi connectivity index (χ1) is 7.83. The first-order valence-electron chi connectivity index (χ1n) is 4.92. The molecule has 0 fully saturated rings. The highest BCUT2D eigenvalue weighted by atomic mass is 32.1. The number of hydrogen-bond donors (Lipinski definition) is 1. The summed E-state index contributed by atoms with van der Waals surface area (Å²) in [5.74, 6) is 1.53. The number of para-hydroxylation sites is 2. The maximum atomic E-state index is 5.79. The van der Waals surface area contributed by atoms with Crippen LogP contribution in [0.4, 0.5) is 5.13 Å². The molecule has 2 N–H and O–H groups in total. The van der Waals surface area contributed by atoms with Crippen LogP contribution in [0, 0.1) is 0 Å². The average molecular weight is 234 g/mol. The average Bonchev–Trinajstić information content (AvgIpc) is 2.75. The lowest BCUT2D eigenvalue weighted by Crippen LogP contribution is -2.21. The van der Waals surface area contributed by atoms with Gasteiger partial charge in [0.2, 0.25) is 0 Å². The van der Waals surface area contributed by atoms with Crippen LogP contribution in [0.2, 0.25) is 0 Å². The molecule has 16 heavy (non-hydrogen) atoms. The largest absolute Gasteiger partial charge is 0.485 e. The van der Waals surface area contributed by atoms with E-state index in [1.54, 1.807) is 0 Å². The van der Waals surface area contributed by atoms with Gasteiger partial charge in [0.05, 0.1) is 5.69 Å². The first kappa shape index (κ1) is 9.47. The molecule has 2 aromatic rings. The topological polar surface area (TPSA) is 57.4 Å². The summed E-state index contributed by atoms with van der Waals surface area (Å²) in [6.45, 7) is 0.472. The first-order valence-corrected chi connectivity index (χ1v) is 5.80. The zero-order valence-corrected chi connectivity index (χ0v) is 9.24. The Labute approximate surface area is 96.6 Å². The van der Waals surface area contributed by atoms with Crippen LogP contribution in [-0.2, 0) is 0 Å². The second-order valence-corrected chi connectivity index (χ2v) is 4.36. The highest BCUT2D eigenvalue weighted by Crippen LogP contribution is 2.36. The molecular formula is C11H10N2O2S. The van der Waals surface area contributed by atoms with E-state index >= 15 is 0 Å². The van der Waals surface area contributed by atoms with E-state index in [9.17, 15) is 0 Å². The number of nitrogens with zero attached hydrogens (tertiary/aromatic N) is 1. The Balaban J connectivity index is 1.88. The number of aromatic nitrogens is 1. The molecule has 1 aromatic heterocycles. The summed E-state index contributed by atoms with van der Waals surface area (Å²) in [6.07, 6.45) is -0.163. The summed E-state index contributed by atoms with van der Waals surface area (Å²) in [5, 5.41) is 2.45. The zero-order chi connectivity index (χ0) is 11.0. The number of benzene rings is 1. The van der Waals surface area contributed by atoms with Crippen molar-refractivity contribution >= 4 is 16.5 Å². The normalized spacial score (nSPS) is 18.4. The van der Waals surface area contributed by atoms with Gasteiger partial charge in [-0.1, -0.05) is 12.1 Å². The second kappa shape index (κ2) is 3.68. The van der Waals surface area contributed by atoms with E-state index in [4.69, 9.17) is 15.2 Å². The van der Waals surface area contributed by atoms with Gasteiger partial charge >= 0.3 is 0 Å². The van der Waals surface area contributed by atoms with Gasteiger partial charge in [0.25, 0.3) is 0 Å². The van der Waals surface area contributed by atoms with E-state index in [1.165, 1.54) is 11.3 Å². The number of nitrogen functional groups attached to an aromatic ring is 1. The van der Waals surface area contributed by atoms with E-state index in [2.05, 4.69) is 4.98 Å². The summed E-state index contributed by atoms with van der Waals surface area (Å²) in [6, 6.07) is 7.61. The van der Waals surface area contributed by atoms with Crippen molar-refractivity contribution < 1.29 is 9.47 Å². The molecule has 0 saturated carbocycles. The monoisotopic (exact) mass is 234 g/mol. The molecule has 2 heterocycles. The fourth-order valence-electron chi connectivity index (χ4n) is 1.61. The number of ether oxygens (including phenoxy) is 2. The van der Waals surface area contributed by atoms with Gasteiger partial charge in [-0.05, 0) is 12.1 Å². The SMILES string of the molecule is Nc1nc(C2COc3ccccc3O2)cs1. The lowest BCUT2D eigenvalue weighted by Gasteiger charge is -2.25. The summed E-state index contributed by atoms with van der Waals surface area (Å²) < 4.78 is 11.4. The molecular weight excluding hydrogens is 224 g/mol. The fraction of sp³-hybridized carbons (Fsp3) is 0.182. The maximum absolute atomic E-state index is 5.79. The molecule has 1 aliphatic rings. The van der Waals surface area contributed by atoms with Crippen LogP contribution in [0.3, 0.4) is 0 Å². The molecule has 4 nitrogen and oxygen atoms in total. The number of rotatable bonds is 1. The summed E-state index contributed by atoms with van der Waals surface area (Å²) in [5.41, 5.74) is 6.42. The number of anilines is 1. The van der Waals surface area contributed by atoms with E-state index in [0.717, 1.165) is 17.2 Å². The van der Waals surface area contributed by atoms with Crippen LogP contribution in [-0.4, -0.2) is 11.6 Å². The maximum Gasteiger partial charge on any atom is 0.180 e. The van der Waals surface area contributed by atoms with Crippen LogP contribution in [0.25, 0.3) is 0 Å². The van der Waals surface area contributed by atoms with Gasteiger partial charge in [0.1, 0.15) is 6.61 Å². The third kappa shape index (κ3) is 1.59. The van der Waals surface area contributed by atoms with Crippen LogP contribution in [0.15, 0.2) is 29.6 Å². The van der Waals surface area contributed by atoms with Gasteiger partial charge in [0, 0.05) is 5.38 Å². The van der Waals surface area contributed by atoms with Crippen molar-refractivity contribution in [2.75, 3.05) is 12.3 Å². The van der Waals surface area contributed by atoms with Crippen molar-refractivity contribution in [3.8, 4) is 11.5 Å². The van der Waals surface area contributed by atoms with Crippen molar-refractivity contribution in [3.05, 3.63) is 35.3 Å². The minimum atomic E-state index is -0.163. The number of nitrogens with two attached hydrogens (primary N) is 1. The molecule has 1 aliphatic heterocycles. The summed E-state index contributed by atoms with van der Waals surface area (Å²) >= 11 is 1.41. The molecule has 0 spiro atoms. The van der Waals surface area contributed by atoms with Crippen molar-refractivity contribution in [2.45, 2.75) is 6.10 Å². The highest BCUT2D eigenvalue weighted by molar-refractivity contribution is 7.13. The van der Waals surface area contributed by atoms with Crippen LogP contribution >= 0.6 is 11.3 Å². The Morgan fingerprint density at radius 2 is 2.12 bits per heavy atom. The van der Waals surface area contributed by atoms with Crippen molar-refractivity contribution in [2.24, 2.45) is 0 Å². The molecule has 3 rings (SSSR count). The molecule has 0 radical (unpaired) electrons. The minimum Gasteiger partial charge on any atom is -0.485 e. The number of thiazole rings is 1. The summed E-state index contributed by atoms with van der Waals surface area (Å²) in [4.78, 5) is 4.20. The third-order valence-corrected chi connectivity index (χ3v) is 3.07. The van der Waals surface area contributed by atoms with Gasteiger partial charge in [0.15, 0.2) is 22.7 Å². The lowest BCUT2D eigenvalue weighted by atomic mass is 10.2. The Kier molecular flexibility index (Phi) is 2.18. The molecule has 0 amide bonds. The molecule has 1 unspecified atom stereocenters. The minimum absolute atomic E-state index is 0.163. The second-order valence-electron chi connectivity index (χ2n) is 3.47. The lowest BCUT2D eigenvalue weighted by molar-refractivity contribution is 0.0888. The summed E-state index contributed by atoms with van der Waals surface area (Å²) in [7, 11) is 0. The third-order valence-electron chi connectivity index (χ3n) is 2.38. The quantitative estimate of drug-likeness (QED) is 0.822. The molecule has 5 heteroatoms. The van der Waals surface area contributed by atoms with Gasteiger partial charge in [-0.25, -0.2) is 4.98 Å². The van der Waals surface area contributed by atoms with Crippen molar-refractivity contribution in [1.29, 1.82) is 0 Å². The van der Waals surface area contributed by atoms with Crippen molar-refractivity contribution in [1.82, 2.24) is 4.98 Å². The highest BCUT2D eigenvalue weighted by Gasteiger charge is 2.23. The predicted molar refractivity (Wildman–Crippen MR) is 61.8 cm³/mol. The standard InChI is InChI=1S/C11H10N2O2S/c12-11-13-7(6-16-11)10-5-14-8-3-1-2-4-9(8)15-10/h1-4,6,10H,5H2,(H2,12,13). The fourth-order valence-corrected chi connectivity index (χ4v) is 2.22.